The first-order valence-corrected chi connectivity index (χ1v) is 7.66. The van der Waals surface area contributed by atoms with Gasteiger partial charge in [-0.1, -0.05) is 12.1 Å². The van der Waals surface area contributed by atoms with Crippen LogP contribution in [-0.2, 0) is 17.9 Å². The maximum Gasteiger partial charge on any atom is 0.200 e. The Hall–Kier alpha value is -2.16. The van der Waals surface area contributed by atoms with E-state index in [0.717, 1.165) is 4.88 Å². The first-order valence-electron chi connectivity index (χ1n) is 6.78. The highest BCUT2D eigenvalue weighted by Crippen LogP contribution is 2.13. The van der Waals surface area contributed by atoms with Gasteiger partial charge in [0.05, 0.1) is 25.9 Å². The van der Waals surface area contributed by atoms with Crippen LogP contribution in [0.1, 0.15) is 4.88 Å². The van der Waals surface area contributed by atoms with E-state index < -0.39 is 6.10 Å². The van der Waals surface area contributed by atoms with E-state index in [9.17, 15) is 5.11 Å². The third kappa shape index (κ3) is 3.73. The Morgan fingerprint density at radius 3 is 3.00 bits per heavy atom. The number of hydrogen-bond donors (Lipinski definition) is 1. The van der Waals surface area contributed by atoms with Crippen molar-refractivity contribution in [2.24, 2.45) is 0 Å². The van der Waals surface area contributed by atoms with Gasteiger partial charge in [0.2, 0.25) is 5.82 Å². The zero-order valence-electron chi connectivity index (χ0n) is 11.7. The monoisotopic (exact) mass is 317 g/mol. The number of thiophene rings is 1. The Balaban J connectivity index is 1.56. The zero-order chi connectivity index (χ0) is 15.2. The van der Waals surface area contributed by atoms with Crippen molar-refractivity contribution < 1.29 is 9.84 Å². The van der Waals surface area contributed by atoms with Gasteiger partial charge in [0.15, 0.2) is 0 Å². The van der Waals surface area contributed by atoms with E-state index in [2.05, 4.69) is 20.5 Å². The summed E-state index contributed by atoms with van der Waals surface area (Å²) in [6.45, 7) is 0.972. The van der Waals surface area contributed by atoms with Crippen LogP contribution >= 0.6 is 11.3 Å². The summed E-state index contributed by atoms with van der Waals surface area (Å²) >= 11 is 1.63. The minimum absolute atomic E-state index is 0.222. The van der Waals surface area contributed by atoms with E-state index in [1.165, 1.54) is 4.68 Å². The van der Waals surface area contributed by atoms with Crippen molar-refractivity contribution in [3.63, 3.8) is 0 Å². The number of tetrazole rings is 1. The first-order chi connectivity index (χ1) is 10.8. The molecule has 0 bridgehead atoms. The molecule has 8 heteroatoms. The van der Waals surface area contributed by atoms with Gasteiger partial charge in [-0.2, -0.15) is 0 Å². The van der Waals surface area contributed by atoms with Crippen molar-refractivity contribution in [2.45, 2.75) is 19.3 Å². The van der Waals surface area contributed by atoms with Gasteiger partial charge in [-0.25, -0.2) is 4.68 Å². The highest BCUT2D eigenvalue weighted by molar-refractivity contribution is 7.09. The normalized spacial score (nSPS) is 12.4. The number of aliphatic hydroxyl groups excluding tert-OH is 1. The number of pyridine rings is 1. The van der Waals surface area contributed by atoms with Gasteiger partial charge in [-0.3, -0.25) is 4.98 Å². The molecule has 0 aliphatic carbocycles. The molecule has 3 rings (SSSR count). The number of aliphatic hydroxyl groups is 1. The molecule has 0 saturated heterocycles. The van der Waals surface area contributed by atoms with Crippen molar-refractivity contribution in [3.8, 4) is 11.5 Å². The second-order valence-corrected chi connectivity index (χ2v) is 5.68. The Morgan fingerprint density at radius 1 is 1.27 bits per heavy atom. The van der Waals surface area contributed by atoms with Crippen molar-refractivity contribution in [1.29, 1.82) is 0 Å². The van der Waals surface area contributed by atoms with Crippen LogP contribution in [0.4, 0.5) is 0 Å². The lowest BCUT2D eigenvalue weighted by atomic mass is 10.3. The molecule has 114 valence electrons. The molecule has 1 atom stereocenters. The van der Waals surface area contributed by atoms with Gasteiger partial charge in [0.1, 0.15) is 5.69 Å². The Kier molecular flexibility index (Phi) is 4.84. The molecule has 1 unspecified atom stereocenters. The summed E-state index contributed by atoms with van der Waals surface area (Å²) in [6, 6.07) is 9.48. The minimum atomic E-state index is -0.689. The fourth-order valence-corrected chi connectivity index (χ4v) is 2.59. The van der Waals surface area contributed by atoms with Crippen LogP contribution in [0.25, 0.3) is 11.5 Å². The zero-order valence-corrected chi connectivity index (χ0v) is 12.6. The average molecular weight is 317 g/mol. The van der Waals surface area contributed by atoms with Crippen molar-refractivity contribution >= 4 is 11.3 Å². The summed E-state index contributed by atoms with van der Waals surface area (Å²) in [5.41, 5.74) is 0.666. The molecule has 3 aromatic heterocycles. The van der Waals surface area contributed by atoms with E-state index in [1.807, 2.05) is 35.7 Å². The number of nitrogens with zero attached hydrogens (tertiary/aromatic N) is 5. The lowest BCUT2D eigenvalue weighted by Crippen LogP contribution is -2.23. The molecule has 0 aromatic carbocycles. The third-order valence-corrected chi connectivity index (χ3v) is 3.79. The van der Waals surface area contributed by atoms with Gasteiger partial charge in [0, 0.05) is 11.1 Å². The van der Waals surface area contributed by atoms with Gasteiger partial charge in [0.25, 0.3) is 0 Å². The number of rotatable bonds is 7. The molecule has 0 fully saturated rings. The molecule has 0 radical (unpaired) electrons. The highest BCUT2D eigenvalue weighted by Gasteiger charge is 2.14. The van der Waals surface area contributed by atoms with Crippen LogP contribution < -0.4 is 0 Å². The molecular weight excluding hydrogens is 302 g/mol. The van der Waals surface area contributed by atoms with Crippen LogP contribution in [0.3, 0.4) is 0 Å². The summed E-state index contributed by atoms with van der Waals surface area (Å²) in [6.07, 6.45) is 0.987. The maximum atomic E-state index is 10.1. The van der Waals surface area contributed by atoms with Gasteiger partial charge in [-0.15, -0.1) is 16.4 Å². The van der Waals surface area contributed by atoms with E-state index >= 15 is 0 Å². The van der Waals surface area contributed by atoms with Crippen molar-refractivity contribution in [1.82, 2.24) is 25.2 Å². The van der Waals surface area contributed by atoms with Crippen molar-refractivity contribution in [3.05, 3.63) is 46.8 Å². The fourth-order valence-electron chi connectivity index (χ4n) is 1.95. The van der Waals surface area contributed by atoms with Crippen LogP contribution in [0.15, 0.2) is 41.9 Å². The predicted octanol–water partition coefficient (Wildman–Crippen LogP) is 1.37. The smallest absolute Gasteiger partial charge is 0.200 e. The largest absolute Gasteiger partial charge is 0.389 e. The molecule has 1 N–H and O–H groups in total. The topological polar surface area (TPSA) is 86.0 Å². The van der Waals surface area contributed by atoms with E-state index in [1.54, 1.807) is 17.5 Å². The third-order valence-electron chi connectivity index (χ3n) is 2.94. The quantitative estimate of drug-likeness (QED) is 0.708. The van der Waals surface area contributed by atoms with Crippen LogP contribution in [0, 0.1) is 0 Å². The fraction of sp³-hybridized carbons (Fsp3) is 0.286. The Morgan fingerprint density at radius 2 is 2.23 bits per heavy atom. The molecule has 22 heavy (non-hydrogen) atoms. The SMILES string of the molecule is OC(COCc1cccs1)Cn1nnnc1-c1ccccn1. The molecule has 0 saturated carbocycles. The van der Waals surface area contributed by atoms with Gasteiger partial charge in [-0.05, 0) is 34.0 Å². The maximum absolute atomic E-state index is 10.1. The standard InChI is InChI=1S/C14H15N5O2S/c20-11(9-21-10-12-4-3-7-22-12)8-19-14(16-17-18-19)13-5-1-2-6-15-13/h1-7,11,20H,8-10H2. The summed E-state index contributed by atoms with van der Waals surface area (Å²) in [5.74, 6) is 0.526. The number of aromatic nitrogens is 5. The highest BCUT2D eigenvalue weighted by atomic mass is 32.1. The van der Waals surface area contributed by atoms with E-state index in [-0.39, 0.29) is 13.2 Å². The molecule has 3 aromatic rings. The number of ether oxygens (including phenoxy) is 1. The molecule has 0 amide bonds. The summed E-state index contributed by atoms with van der Waals surface area (Å²) in [7, 11) is 0. The molecule has 3 heterocycles. The predicted molar refractivity (Wildman–Crippen MR) is 81.0 cm³/mol. The van der Waals surface area contributed by atoms with Gasteiger partial charge >= 0.3 is 0 Å². The lowest BCUT2D eigenvalue weighted by molar-refractivity contribution is 0.0196. The van der Waals surface area contributed by atoms with E-state index in [0.29, 0.717) is 18.1 Å². The van der Waals surface area contributed by atoms with Gasteiger partial charge < -0.3 is 9.84 Å². The summed E-state index contributed by atoms with van der Waals surface area (Å²) in [5, 5.41) is 23.5. The molecule has 0 spiro atoms. The van der Waals surface area contributed by atoms with Crippen LogP contribution in [0.2, 0.25) is 0 Å². The van der Waals surface area contributed by atoms with Crippen LogP contribution in [-0.4, -0.2) is 43.0 Å². The molecular formula is C14H15N5O2S. The lowest BCUT2D eigenvalue weighted by Gasteiger charge is -2.11. The Labute approximate surface area is 131 Å². The number of hydrogen-bond acceptors (Lipinski definition) is 7. The first kappa shape index (κ1) is 14.8. The second kappa shape index (κ2) is 7.21. The molecule has 0 aliphatic rings. The summed E-state index contributed by atoms with van der Waals surface area (Å²) < 4.78 is 7.03. The van der Waals surface area contributed by atoms with Crippen LogP contribution in [0.5, 0.6) is 0 Å². The van der Waals surface area contributed by atoms with Crippen molar-refractivity contribution in [2.75, 3.05) is 6.61 Å². The second-order valence-electron chi connectivity index (χ2n) is 4.65. The molecule has 0 aliphatic heterocycles. The van der Waals surface area contributed by atoms with E-state index in [4.69, 9.17) is 4.74 Å². The Bertz CT molecular complexity index is 686. The minimum Gasteiger partial charge on any atom is -0.389 e. The molecule has 7 nitrogen and oxygen atoms in total. The summed E-state index contributed by atoms with van der Waals surface area (Å²) in [4.78, 5) is 5.34. The average Bonchev–Trinajstić information content (AvgIpc) is 3.20.